The zero-order valence-corrected chi connectivity index (χ0v) is 15.6. The minimum Gasteiger partial charge on any atom is -0.455 e. The molecule has 2 aromatic carbocycles. The van der Waals surface area contributed by atoms with E-state index < -0.39 is 0 Å². The average molecular weight is 354 g/mol. The molecule has 0 spiro atoms. The van der Waals surface area contributed by atoms with Crippen molar-refractivity contribution in [3.8, 4) is 0 Å². The molecule has 0 aromatic heterocycles. The summed E-state index contributed by atoms with van der Waals surface area (Å²) in [6, 6.07) is 17.4. The number of esters is 1. The second kappa shape index (κ2) is 9.61. The number of benzene rings is 2. The first-order chi connectivity index (χ1) is 12.5. The van der Waals surface area contributed by atoms with Crippen LogP contribution in [0.4, 0.5) is 5.69 Å². The molecule has 0 unspecified atom stereocenters. The summed E-state index contributed by atoms with van der Waals surface area (Å²) in [5.74, 6) is -1.02. The highest BCUT2D eigenvalue weighted by Crippen LogP contribution is 2.20. The lowest BCUT2D eigenvalue weighted by Gasteiger charge is -2.15. The molecule has 26 heavy (non-hydrogen) atoms. The van der Waals surface area contributed by atoms with E-state index in [1.165, 1.54) is 0 Å². The summed E-state index contributed by atoms with van der Waals surface area (Å²) < 4.78 is 5.19. The van der Waals surface area contributed by atoms with Gasteiger partial charge in [-0.3, -0.25) is 9.59 Å². The Morgan fingerprint density at radius 3 is 2.27 bits per heavy atom. The van der Waals surface area contributed by atoms with Gasteiger partial charge in [0.05, 0.1) is 5.92 Å². The Kier molecular flexibility index (Phi) is 7.21. The molecule has 2 aromatic rings. The Hall–Kier alpha value is -2.82. The van der Waals surface area contributed by atoms with Gasteiger partial charge in [0, 0.05) is 26.3 Å². The number of hydrogen-bond acceptors (Lipinski definition) is 4. The summed E-state index contributed by atoms with van der Waals surface area (Å²) in [4.78, 5) is 26.2. The summed E-state index contributed by atoms with van der Waals surface area (Å²) in [6.45, 7) is 2.06. The van der Waals surface area contributed by atoms with E-state index in [-0.39, 0.29) is 24.4 Å². The Morgan fingerprint density at radius 1 is 1.04 bits per heavy atom. The number of ether oxygens (including phenoxy) is 1. The van der Waals surface area contributed by atoms with Crippen molar-refractivity contribution in [3.63, 3.8) is 0 Å². The van der Waals surface area contributed by atoms with E-state index >= 15 is 0 Å². The third-order valence-corrected chi connectivity index (χ3v) is 4.18. The molecule has 0 fully saturated rings. The van der Waals surface area contributed by atoms with E-state index in [1.54, 1.807) is 0 Å². The summed E-state index contributed by atoms with van der Waals surface area (Å²) in [7, 11) is 3.95. The molecular weight excluding hydrogens is 328 g/mol. The maximum Gasteiger partial charge on any atom is 0.313 e. The molecule has 0 heterocycles. The fourth-order valence-electron chi connectivity index (χ4n) is 2.62. The number of nitrogens with one attached hydrogen (secondary N) is 1. The second-order valence-corrected chi connectivity index (χ2v) is 6.32. The molecule has 0 bridgehead atoms. The minimum absolute atomic E-state index is 0.266. The fraction of sp³-hybridized carbons (Fsp3) is 0.333. The number of anilines is 1. The van der Waals surface area contributed by atoms with E-state index in [1.807, 2.05) is 80.5 Å². The Balaban J connectivity index is 1.79. The average Bonchev–Trinajstić information content (AvgIpc) is 2.66. The largest absolute Gasteiger partial charge is 0.455 e. The van der Waals surface area contributed by atoms with E-state index in [2.05, 4.69) is 5.32 Å². The maximum absolute atomic E-state index is 12.2. The zero-order valence-electron chi connectivity index (χ0n) is 15.6. The van der Waals surface area contributed by atoms with Crippen LogP contribution < -0.4 is 10.2 Å². The van der Waals surface area contributed by atoms with Crippen LogP contribution in [0.1, 0.15) is 30.4 Å². The van der Waals surface area contributed by atoms with Crippen LogP contribution in [0.3, 0.4) is 0 Å². The van der Waals surface area contributed by atoms with Gasteiger partial charge >= 0.3 is 5.97 Å². The van der Waals surface area contributed by atoms with Gasteiger partial charge in [0.2, 0.25) is 0 Å². The summed E-state index contributed by atoms with van der Waals surface area (Å²) in [6.07, 6.45) is 0.628. The first kappa shape index (κ1) is 19.5. The van der Waals surface area contributed by atoms with Gasteiger partial charge < -0.3 is 15.0 Å². The third-order valence-electron chi connectivity index (χ3n) is 4.18. The summed E-state index contributed by atoms with van der Waals surface area (Å²) in [5, 5.41) is 2.77. The lowest BCUT2D eigenvalue weighted by Crippen LogP contribution is -2.29. The molecule has 0 aliphatic rings. The predicted molar refractivity (Wildman–Crippen MR) is 103 cm³/mol. The van der Waals surface area contributed by atoms with Crippen LogP contribution in [0.5, 0.6) is 0 Å². The highest BCUT2D eigenvalue weighted by Gasteiger charge is 2.20. The first-order valence-corrected chi connectivity index (χ1v) is 8.75. The lowest BCUT2D eigenvalue weighted by molar-refractivity contribution is -0.150. The van der Waals surface area contributed by atoms with Crippen molar-refractivity contribution >= 4 is 17.6 Å². The van der Waals surface area contributed by atoms with Crippen molar-refractivity contribution in [2.24, 2.45) is 0 Å². The van der Waals surface area contributed by atoms with Gasteiger partial charge in [-0.1, -0.05) is 49.4 Å². The molecule has 1 amide bonds. The van der Waals surface area contributed by atoms with E-state index in [0.717, 1.165) is 16.8 Å². The van der Waals surface area contributed by atoms with Crippen molar-refractivity contribution in [2.45, 2.75) is 25.8 Å². The van der Waals surface area contributed by atoms with Crippen LogP contribution in [0, 0.1) is 0 Å². The summed E-state index contributed by atoms with van der Waals surface area (Å²) >= 11 is 0. The molecule has 1 atom stereocenters. The van der Waals surface area contributed by atoms with Crippen LogP contribution in [0.15, 0.2) is 54.6 Å². The smallest absolute Gasteiger partial charge is 0.313 e. The molecule has 0 aliphatic carbocycles. The maximum atomic E-state index is 12.2. The van der Waals surface area contributed by atoms with Crippen LogP contribution in [-0.2, 0) is 20.9 Å². The van der Waals surface area contributed by atoms with E-state index in [0.29, 0.717) is 13.0 Å². The van der Waals surface area contributed by atoms with Crippen molar-refractivity contribution in [2.75, 3.05) is 25.6 Å². The van der Waals surface area contributed by atoms with E-state index in [4.69, 9.17) is 4.74 Å². The van der Waals surface area contributed by atoms with Crippen LogP contribution in [-0.4, -0.2) is 32.6 Å². The predicted octanol–water partition coefficient (Wildman–Crippen LogP) is 3.11. The molecule has 0 saturated heterocycles. The molecule has 1 N–H and O–H groups in total. The van der Waals surface area contributed by atoms with Gasteiger partial charge in [-0.05, 0) is 29.7 Å². The SMILES string of the molecule is CC[C@@H](C(=O)OCC(=O)NCc1ccc(N(C)C)cc1)c1ccccc1. The van der Waals surface area contributed by atoms with Gasteiger partial charge in [-0.25, -0.2) is 0 Å². The minimum atomic E-state index is -0.371. The van der Waals surface area contributed by atoms with Crippen molar-refractivity contribution in [1.82, 2.24) is 5.32 Å². The van der Waals surface area contributed by atoms with Gasteiger partial charge in [0.1, 0.15) is 0 Å². The molecule has 0 radical (unpaired) electrons. The highest BCUT2D eigenvalue weighted by atomic mass is 16.5. The molecule has 0 saturated carbocycles. The molecule has 138 valence electrons. The monoisotopic (exact) mass is 354 g/mol. The molecular formula is C21H26N2O3. The third kappa shape index (κ3) is 5.62. The Bertz CT molecular complexity index is 712. The highest BCUT2D eigenvalue weighted by molar-refractivity contribution is 5.83. The van der Waals surface area contributed by atoms with Crippen molar-refractivity contribution in [3.05, 3.63) is 65.7 Å². The second-order valence-electron chi connectivity index (χ2n) is 6.32. The quantitative estimate of drug-likeness (QED) is 0.740. The van der Waals surface area contributed by atoms with Crippen LogP contribution in [0.25, 0.3) is 0 Å². The van der Waals surface area contributed by atoms with Crippen molar-refractivity contribution < 1.29 is 14.3 Å². The molecule has 2 rings (SSSR count). The van der Waals surface area contributed by atoms with Crippen molar-refractivity contribution in [1.29, 1.82) is 0 Å². The number of amides is 1. The van der Waals surface area contributed by atoms with Crippen LogP contribution >= 0.6 is 0 Å². The number of hydrogen-bond donors (Lipinski definition) is 1. The summed E-state index contributed by atoms with van der Waals surface area (Å²) in [5.41, 5.74) is 2.99. The standard InChI is InChI=1S/C21H26N2O3/c1-4-19(17-8-6-5-7-9-17)21(25)26-15-20(24)22-14-16-10-12-18(13-11-16)23(2)3/h5-13,19H,4,14-15H2,1-3H3,(H,22,24)/t19-/m1/s1. The number of carbonyl (C=O) groups excluding carboxylic acids is 2. The van der Waals surface area contributed by atoms with Gasteiger partial charge in [0.25, 0.3) is 5.91 Å². The van der Waals surface area contributed by atoms with Gasteiger partial charge in [-0.15, -0.1) is 0 Å². The number of carbonyl (C=O) groups is 2. The normalized spacial score (nSPS) is 11.5. The fourth-order valence-corrected chi connectivity index (χ4v) is 2.62. The zero-order chi connectivity index (χ0) is 18.9. The lowest BCUT2D eigenvalue weighted by atomic mass is 9.97. The topological polar surface area (TPSA) is 58.6 Å². The van der Waals surface area contributed by atoms with Crippen LogP contribution in [0.2, 0.25) is 0 Å². The Morgan fingerprint density at radius 2 is 1.69 bits per heavy atom. The number of nitrogens with zero attached hydrogens (tertiary/aromatic N) is 1. The van der Waals surface area contributed by atoms with E-state index in [9.17, 15) is 9.59 Å². The number of rotatable bonds is 8. The molecule has 0 aliphatic heterocycles. The molecule has 5 heteroatoms. The first-order valence-electron chi connectivity index (χ1n) is 8.75. The molecule has 5 nitrogen and oxygen atoms in total. The van der Waals surface area contributed by atoms with Gasteiger partial charge in [-0.2, -0.15) is 0 Å². The Labute approximate surface area is 155 Å². The van der Waals surface area contributed by atoms with Gasteiger partial charge in [0.15, 0.2) is 6.61 Å².